The molecule has 2 N–H and O–H groups in total. The number of unbranched alkanes of at least 4 members (excludes halogenated alkanes) is 1. The van der Waals surface area contributed by atoms with Crippen LogP contribution in [0, 0.1) is 16.7 Å². The van der Waals surface area contributed by atoms with Gasteiger partial charge in [0.05, 0.1) is 13.2 Å². The molecule has 0 saturated heterocycles. The van der Waals surface area contributed by atoms with Crippen LogP contribution < -0.4 is 10.6 Å². The first-order chi connectivity index (χ1) is 16.1. The third-order valence-corrected chi connectivity index (χ3v) is 6.31. The van der Waals surface area contributed by atoms with Gasteiger partial charge >= 0.3 is 12.1 Å². The summed E-state index contributed by atoms with van der Waals surface area (Å²) in [5.74, 6) is 0.103. The number of hydrogen-bond acceptors (Lipinski definition) is 5. The Morgan fingerprint density at radius 1 is 1.00 bits per heavy atom. The molecule has 1 fully saturated rings. The van der Waals surface area contributed by atoms with E-state index in [1.807, 2.05) is 37.3 Å². The number of ether oxygens (including phenoxy) is 2. The highest BCUT2D eigenvalue weighted by atomic mass is 16.5. The van der Waals surface area contributed by atoms with E-state index in [2.05, 4.69) is 31.4 Å². The van der Waals surface area contributed by atoms with Crippen molar-refractivity contribution in [3.63, 3.8) is 0 Å². The minimum Gasteiger partial charge on any atom is -0.466 e. The van der Waals surface area contributed by atoms with Gasteiger partial charge in [0.1, 0.15) is 0 Å². The van der Waals surface area contributed by atoms with Crippen molar-refractivity contribution >= 4 is 18.0 Å². The van der Waals surface area contributed by atoms with Gasteiger partial charge in [0.15, 0.2) is 0 Å². The number of nitrogens with one attached hydrogen (secondary N) is 2. The second-order valence-corrected chi connectivity index (χ2v) is 10.6. The van der Waals surface area contributed by atoms with E-state index >= 15 is 0 Å². The topological polar surface area (TPSA) is 93.7 Å². The van der Waals surface area contributed by atoms with Crippen LogP contribution in [0.2, 0.25) is 0 Å². The van der Waals surface area contributed by atoms with Crippen LogP contribution in [0.5, 0.6) is 0 Å². The zero-order valence-corrected chi connectivity index (χ0v) is 21.3. The van der Waals surface area contributed by atoms with Crippen LogP contribution in [0.3, 0.4) is 0 Å². The summed E-state index contributed by atoms with van der Waals surface area (Å²) in [5, 5.41) is 5.81. The van der Waals surface area contributed by atoms with E-state index in [1.165, 1.54) is 0 Å². The fraction of sp³-hybridized carbons (Fsp3) is 0.667. The average molecular weight is 475 g/mol. The molecule has 1 aliphatic rings. The molecule has 2 atom stereocenters. The van der Waals surface area contributed by atoms with E-state index in [4.69, 9.17) is 9.47 Å². The summed E-state index contributed by atoms with van der Waals surface area (Å²) in [7, 11) is 0. The first-order valence-electron chi connectivity index (χ1n) is 12.5. The summed E-state index contributed by atoms with van der Waals surface area (Å²) >= 11 is 0. The second kappa shape index (κ2) is 13.4. The Kier molecular flexibility index (Phi) is 10.9. The number of carbonyl (C=O) groups is 3. The Bertz CT molecular complexity index is 795. The van der Waals surface area contributed by atoms with Gasteiger partial charge in [-0.05, 0) is 61.3 Å². The van der Waals surface area contributed by atoms with Crippen LogP contribution >= 0.6 is 0 Å². The van der Waals surface area contributed by atoms with Crippen molar-refractivity contribution in [2.75, 3.05) is 19.8 Å². The fourth-order valence-electron chi connectivity index (χ4n) is 5.36. The highest BCUT2D eigenvalue weighted by Gasteiger charge is 2.42. The molecule has 0 heterocycles. The van der Waals surface area contributed by atoms with Crippen LogP contribution in [0.1, 0.15) is 78.2 Å². The highest BCUT2D eigenvalue weighted by molar-refractivity contribution is 5.75. The summed E-state index contributed by atoms with van der Waals surface area (Å²) in [6.07, 6.45) is 4.52. The van der Waals surface area contributed by atoms with Crippen molar-refractivity contribution < 1.29 is 23.9 Å². The molecular formula is C27H42N2O5. The Hall–Kier alpha value is -2.57. The van der Waals surface area contributed by atoms with Crippen LogP contribution in [0.4, 0.5) is 4.79 Å². The first-order valence-corrected chi connectivity index (χ1v) is 12.5. The van der Waals surface area contributed by atoms with E-state index in [0.29, 0.717) is 45.4 Å². The molecule has 1 saturated carbocycles. The van der Waals surface area contributed by atoms with Gasteiger partial charge in [-0.25, -0.2) is 4.79 Å². The third kappa shape index (κ3) is 10.6. The van der Waals surface area contributed by atoms with E-state index in [9.17, 15) is 14.4 Å². The second-order valence-electron chi connectivity index (χ2n) is 10.6. The molecule has 7 heteroatoms. The van der Waals surface area contributed by atoms with Gasteiger partial charge in [-0.3, -0.25) is 9.59 Å². The van der Waals surface area contributed by atoms with Crippen LogP contribution in [0.15, 0.2) is 30.3 Å². The molecule has 2 unspecified atom stereocenters. The molecule has 2 amide bonds. The lowest BCUT2D eigenvalue weighted by Gasteiger charge is -2.46. The quantitative estimate of drug-likeness (QED) is 0.329. The Labute approximate surface area is 204 Å². The number of alkyl carbamates (subject to hydrolysis) is 1. The summed E-state index contributed by atoms with van der Waals surface area (Å²) in [5.41, 5.74) is 1.06. The van der Waals surface area contributed by atoms with Crippen molar-refractivity contribution in [1.29, 1.82) is 0 Å². The van der Waals surface area contributed by atoms with Gasteiger partial charge in [0.25, 0.3) is 0 Å². The maximum Gasteiger partial charge on any atom is 0.407 e. The number of amides is 2. The zero-order chi connectivity index (χ0) is 25.0. The molecule has 34 heavy (non-hydrogen) atoms. The molecule has 1 aromatic carbocycles. The standard InChI is InChI=1S/C27H42N2O5/c1-5-33-24(31)15-22-16-26(2,3)19-27(4,17-22)20-29-25(32)34-14-10-9-13-23(30)28-18-21-11-7-6-8-12-21/h6-8,11-12,22H,5,9-10,13-20H2,1-4H3,(H,28,30)(H,29,32). The SMILES string of the molecule is CCOC(=O)CC1CC(C)(C)CC(C)(CNC(=O)OCCCCC(=O)NCc2ccccc2)C1. The van der Waals surface area contributed by atoms with E-state index in [1.54, 1.807) is 0 Å². The number of hydrogen-bond donors (Lipinski definition) is 2. The smallest absolute Gasteiger partial charge is 0.407 e. The first kappa shape index (κ1) is 27.7. The molecule has 0 aliphatic heterocycles. The lowest BCUT2D eigenvalue weighted by Crippen LogP contribution is -2.44. The average Bonchev–Trinajstić information content (AvgIpc) is 2.75. The van der Waals surface area contributed by atoms with Gasteiger partial charge in [0.2, 0.25) is 5.91 Å². The van der Waals surface area contributed by atoms with Crippen molar-refractivity contribution in [3.05, 3.63) is 35.9 Å². The predicted molar refractivity (Wildman–Crippen MR) is 132 cm³/mol. The van der Waals surface area contributed by atoms with Crippen LogP contribution in [-0.2, 0) is 25.6 Å². The number of rotatable bonds is 12. The lowest BCUT2D eigenvalue weighted by molar-refractivity contribution is -0.145. The summed E-state index contributed by atoms with van der Waals surface area (Å²) < 4.78 is 10.4. The largest absolute Gasteiger partial charge is 0.466 e. The minimum atomic E-state index is -0.430. The maximum atomic E-state index is 12.2. The van der Waals surface area contributed by atoms with E-state index < -0.39 is 6.09 Å². The molecule has 0 bridgehead atoms. The summed E-state index contributed by atoms with van der Waals surface area (Å²) in [6.45, 7) is 10.1. The molecule has 1 aliphatic carbocycles. The molecule has 2 rings (SSSR count). The molecule has 7 nitrogen and oxygen atoms in total. The van der Waals surface area contributed by atoms with Crippen molar-refractivity contribution in [1.82, 2.24) is 10.6 Å². The normalized spacial score (nSPS) is 21.4. The Morgan fingerprint density at radius 2 is 1.74 bits per heavy atom. The molecule has 0 radical (unpaired) electrons. The summed E-state index contributed by atoms with van der Waals surface area (Å²) in [4.78, 5) is 36.1. The monoisotopic (exact) mass is 474 g/mol. The lowest BCUT2D eigenvalue weighted by atomic mass is 9.60. The molecule has 1 aromatic rings. The van der Waals surface area contributed by atoms with E-state index in [-0.39, 0.29) is 35.2 Å². The van der Waals surface area contributed by atoms with Crippen molar-refractivity contribution in [2.45, 2.75) is 79.2 Å². The Morgan fingerprint density at radius 3 is 2.44 bits per heavy atom. The summed E-state index contributed by atoms with van der Waals surface area (Å²) in [6, 6.07) is 9.78. The number of carbonyl (C=O) groups excluding carboxylic acids is 3. The highest BCUT2D eigenvalue weighted by Crippen LogP contribution is 2.49. The maximum absolute atomic E-state index is 12.2. The predicted octanol–water partition coefficient (Wildman–Crippen LogP) is 4.99. The molecule has 190 valence electrons. The van der Waals surface area contributed by atoms with Gasteiger partial charge in [0, 0.05) is 25.9 Å². The fourth-order valence-corrected chi connectivity index (χ4v) is 5.36. The van der Waals surface area contributed by atoms with Crippen molar-refractivity contribution in [2.24, 2.45) is 16.7 Å². The van der Waals surface area contributed by atoms with Gasteiger partial charge in [-0.1, -0.05) is 51.1 Å². The van der Waals surface area contributed by atoms with Crippen LogP contribution in [0.25, 0.3) is 0 Å². The van der Waals surface area contributed by atoms with Crippen LogP contribution in [-0.4, -0.2) is 37.7 Å². The number of benzene rings is 1. The molecule has 0 spiro atoms. The molecular weight excluding hydrogens is 432 g/mol. The number of esters is 1. The third-order valence-electron chi connectivity index (χ3n) is 6.31. The minimum absolute atomic E-state index is 0.00137. The van der Waals surface area contributed by atoms with Crippen molar-refractivity contribution in [3.8, 4) is 0 Å². The zero-order valence-electron chi connectivity index (χ0n) is 21.3. The van der Waals surface area contributed by atoms with Gasteiger partial charge in [-0.15, -0.1) is 0 Å². The van der Waals surface area contributed by atoms with Gasteiger partial charge < -0.3 is 20.1 Å². The molecule has 0 aromatic heterocycles. The van der Waals surface area contributed by atoms with Gasteiger partial charge in [-0.2, -0.15) is 0 Å². The van der Waals surface area contributed by atoms with E-state index in [0.717, 1.165) is 24.8 Å². The Balaban J connectivity index is 1.63.